The van der Waals surface area contributed by atoms with Crippen LogP contribution < -0.4 is 0 Å². The quantitative estimate of drug-likeness (QED) is 0.679. The van der Waals surface area contributed by atoms with Crippen LogP contribution in [0.25, 0.3) is 5.52 Å². The molecule has 0 aliphatic heterocycles. The number of pyridine rings is 1. The van der Waals surface area contributed by atoms with Gasteiger partial charge in [0.05, 0.1) is 35.6 Å². The number of carbonyl (C=O) groups excluding carboxylic acids is 1. The van der Waals surface area contributed by atoms with E-state index < -0.39 is 5.97 Å². The highest BCUT2D eigenvalue weighted by Gasteiger charge is 2.14. The molecule has 0 bridgehead atoms. The maximum atomic E-state index is 12.1. The number of thiophene rings is 1. The van der Waals surface area contributed by atoms with Gasteiger partial charge in [0.15, 0.2) is 0 Å². The molecule has 5 nitrogen and oxygen atoms in total. The SMILES string of the molecule is N#C[C@@H](COC(=O)c1ccn2cncc2c1)Cc1cccs1. The predicted octanol–water partition coefficient (Wildman–Crippen LogP) is 2.94. The van der Waals surface area contributed by atoms with Crippen molar-refractivity contribution in [3.05, 3.63) is 58.8 Å². The number of carbonyl (C=O) groups is 1. The van der Waals surface area contributed by atoms with Crippen molar-refractivity contribution in [2.24, 2.45) is 5.92 Å². The lowest BCUT2D eigenvalue weighted by molar-refractivity contribution is 0.0468. The van der Waals surface area contributed by atoms with Crippen LogP contribution in [0.2, 0.25) is 0 Å². The first-order valence-corrected chi connectivity index (χ1v) is 7.65. The van der Waals surface area contributed by atoms with Crippen molar-refractivity contribution in [1.29, 1.82) is 5.26 Å². The largest absolute Gasteiger partial charge is 0.461 e. The van der Waals surface area contributed by atoms with Gasteiger partial charge >= 0.3 is 5.97 Å². The van der Waals surface area contributed by atoms with Crippen LogP contribution in [-0.4, -0.2) is 22.0 Å². The first kappa shape index (κ1) is 14.3. The van der Waals surface area contributed by atoms with E-state index in [1.54, 1.807) is 42.2 Å². The molecule has 6 heteroatoms. The van der Waals surface area contributed by atoms with Gasteiger partial charge in [-0.25, -0.2) is 9.78 Å². The van der Waals surface area contributed by atoms with Crippen LogP contribution in [0, 0.1) is 17.2 Å². The molecule has 0 N–H and O–H groups in total. The number of fused-ring (bicyclic) bond motifs is 1. The Kier molecular flexibility index (Phi) is 4.17. The Labute approximate surface area is 131 Å². The number of hydrogen-bond acceptors (Lipinski definition) is 5. The fraction of sp³-hybridized carbons (Fsp3) is 0.188. The van der Waals surface area contributed by atoms with Gasteiger partial charge in [-0.3, -0.25) is 0 Å². The first-order chi connectivity index (χ1) is 10.8. The van der Waals surface area contributed by atoms with Crippen LogP contribution in [0.5, 0.6) is 0 Å². The fourth-order valence-electron chi connectivity index (χ4n) is 2.12. The highest BCUT2D eigenvalue weighted by atomic mass is 32.1. The number of ether oxygens (including phenoxy) is 1. The van der Waals surface area contributed by atoms with Gasteiger partial charge in [0.1, 0.15) is 6.61 Å². The number of imidazole rings is 1. The van der Waals surface area contributed by atoms with Crippen molar-refractivity contribution in [3.63, 3.8) is 0 Å². The maximum Gasteiger partial charge on any atom is 0.338 e. The molecule has 0 saturated carbocycles. The second-order valence-corrected chi connectivity index (χ2v) is 5.88. The van der Waals surface area contributed by atoms with E-state index >= 15 is 0 Å². The average molecular weight is 311 g/mol. The van der Waals surface area contributed by atoms with Crippen molar-refractivity contribution < 1.29 is 9.53 Å². The van der Waals surface area contributed by atoms with E-state index in [2.05, 4.69) is 11.1 Å². The number of nitriles is 1. The Morgan fingerprint density at radius 3 is 3.18 bits per heavy atom. The van der Waals surface area contributed by atoms with E-state index in [1.165, 1.54) is 0 Å². The first-order valence-electron chi connectivity index (χ1n) is 6.77. The van der Waals surface area contributed by atoms with Gasteiger partial charge in [-0.05, 0) is 23.6 Å². The second-order valence-electron chi connectivity index (χ2n) is 4.85. The minimum atomic E-state index is -0.421. The monoisotopic (exact) mass is 311 g/mol. The van der Waals surface area contributed by atoms with E-state index in [4.69, 9.17) is 4.74 Å². The zero-order chi connectivity index (χ0) is 15.4. The molecule has 0 aliphatic rings. The highest BCUT2D eigenvalue weighted by Crippen LogP contribution is 2.15. The summed E-state index contributed by atoms with van der Waals surface area (Å²) < 4.78 is 7.08. The number of nitrogens with zero attached hydrogens (tertiary/aromatic N) is 3. The van der Waals surface area contributed by atoms with E-state index in [1.807, 2.05) is 21.9 Å². The average Bonchev–Trinajstić information content (AvgIpc) is 3.21. The van der Waals surface area contributed by atoms with E-state index in [9.17, 15) is 10.1 Å². The standard InChI is InChI=1S/C16H13N3O2S/c17-8-12(6-15-2-1-5-22-15)10-21-16(20)13-3-4-19-11-18-9-14(19)7-13/h1-5,7,9,11-12H,6,10H2/t12-/m0/s1. The summed E-state index contributed by atoms with van der Waals surface area (Å²) in [7, 11) is 0. The molecule has 0 fully saturated rings. The van der Waals surface area contributed by atoms with Gasteiger partial charge in [-0.1, -0.05) is 6.07 Å². The zero-order valence-electron chi connectivity index (χ0n) is 11.7. The highest BCUT2D eigenvalue weighted by molar-refractivity contribution is 7.09. The summed E-state index contributed by atoms with van der Waals surface area (Å²) in [5.41, 5.74) is 1.28. The summed E-state index contributed by atoms with van der Waals surface area (Å²) in [5.74, 6) is -0.753. The molecule has 0 spiro atoms. The molecule has 3 heterocycles. The van der Waals surface area contributed by atoms with Gasteiger partial charge in [0, 0.05) is 17.5 Å². The molecular formula is C16H13N3O2S. The molecule has 1 atom stereocenters. The number of rotatable bonds is 5. The lowest BCUT2D eigenvalue weighted by Gasteiger charge is -2.09. The summed E-state index contributed by atoms with van der Waals surface area (Å²) in [5, 5.41) is 11.1. The van der Waals surface area contributed by atoms with Crippen LogP contribution in [-0.2, 0) is 11.2 Å². The minimum Gasteiger partial charge on any atom is -0.461 e. The summed E-state index contributed by atoms with van der Waals surface area (Å²) in [6.07, 6.45) is 5.69. The lowest BCUT2D eigenvalue weighted by Crippen LogP contribution is -2.15. The topological polar surface area (TPSA) is 67.4 Å². The smallest absolute Gasteiger partial charge is 0.338 e. The maximum absolute atomic E-state index is 12.1. The molecule has 22 heavy (non-hydrogen) atoms. The van der Waals surface area contributed by atoms with Crippen molar-refractivity contribution >= 4 is 22.8 Å². The molecule has 3 aromatic heterocycles. The van der Waals surface area contributed by atoms with Crippen molar-refractivity contribution in [1.82, 2.24) is 9.38 Å². The van der Waals surface area contributed by atoms with E-state index in [0.29, 0.717) is 12.0 Å². The van der Waals surface area contributed by atoms with Crippen molar-refractivity contribution in [2.75, 3.05) is 6.61 Å². The molecule has 0 unspecified atom stereocenters. The van der Waals surface area contributed by atoms with Crippen LogP contribution in [0.15, 0.2) is 48.4 Å². The Balaban J connectivity index is 1.62. The number of aromatic nitrogens is 2. The Bertz CT molecular complexity index is 817. The van der Waals surface area contributed by atoms with Gasteiger partial charge in [0.2, 0.25) is 0 Å². The third-order valence-corrected chi connectivity index (χ3v) is 4.17. The van der Waals surface area contributed by atoms with Crippen molar-refractivity contribution in [2.45, 2.75) is 6.42 Å². The molecule has 3 rings (SSSR count). The second kappa shape index (κ2) is 6.41. The third kappa shape index (κ3) is 3.15. The lowest BCUT2D eigenvalue weighted by atomic mass is 10.1. The zero-order valence-corrected chi connectivity index (χ0v) is 12.5. The van der Waals surface area contributed by atoms with Crippen LogP contribution in [0.4, 0.5) is 0 Å². The van der Waals surface area contributed by atoms with E-state index in [0.717, 1.165) is 10.4 Å². The van der Waals surface area contributed by atoms with Crippen LogP contribution in [0.3, 0.4) is 0 Å². The summed E-state index contributed by atoms with van der Waals surface area (Å²) in [6.45, 7) is 0.0949. The summed E-state index contributed by atoms with van der Waals surface area (Å²) >= 11 is 1.60. The van der Waals surface area contributed by atoms with Crippen molar-refractivity contribution in [3.8, 4) is 6.07 Å². The summed E-state index contributed by atoms with van der Waals surface area (Å²) in [6, 6.07) is 9.51. The summed E-state index contributed by atoms with van der Waals surface area (Å²) in [4.78, 5) is 17.2. The Morgan fingerprint density at radius 2 is 2.41 bits per heavy atom. The predicted molar refractivity (Wildman–Crippen MR) is 82.6 cm³/mol. The van der Waals surface area contributed by atoms with Crippen LogP contribution in [0.1, 0.15) is 15.2 Å². The van der Waals surface area contributed by atoms with Gasteiger partial charge in [0.25, 0.3) is 0 Å². The molecule has 3 aromatic rings. The Morgan fingerprint density at radius 1 is 1.50 bits per heavy atom. The normalized spacial score (nSPS) is 12.0. The fourth-order valence-corrected chi connectivity index (χ4v) is 2.91. The third-order valence-electron chi connectivity index (χ3n) is 3.28. The molecule has 0 aliphatic carbocycles. The number of hydrogen-bond donors (Lipinski definition) is 0. The van der Waals surface area contributed by atoms with Gasteiger partial charge < -0.3 is 9.14 Å². The van der Waals surface area contributed by atoms with Gasteiger partial charge in [-0.2, -0.15) is 5.26 Å². The number of esters is 1. The Hall–Kier alpha value is -2.65. The minimum absolute atomic E-state index is 0.0949. The van der Waals surface area contributed by atoms with E-state index in [-0.39, 0.29) is 12.5 Å². The molecule has 0 aromatic carbocycles. The molecule has 0 radical (unpaired) electrons. The van der Waals surface area contributed by atoms with Gasteiger partial charge in [-0.15, -0.1) is 11.3 Å². The molecule has 0 amide bonds. The van der Waals surface area contributed by atoms with Crippen LogP contribution >= 0.6 is 11.3 Å². The molecule has 110 valence electrons. The molecular weight excluding hydrogens is 298 g/mol. The molecule has 0 saturated heterocycles.